The van der Waals surface area contributed by atoms with Gasteiger partial charge in [0.05, 0.1) is 6.54 Å². The van der Waals surface area contributed by atoms with Crippen molar-refractivity contribution >= 4 is 11.8 Å². The van der Waals surface area contributed by atoms with E-state index < -0.39 is 0 Å². The average molecular weight is 196 g/mol. The molecule has 2 rings (SSSR count). The Morgan fingerprint density at radius 1 is 1.36 bits per heavy atom. The molecule has 1 N–H and O–H groups in total. The fourth-order valence-corrected chi connectivity index (χ4v) is 2.23. The van der Waals surface area contributed by atoms with E-state index in [4.69, 9.17) is 0 Å². The fourth-order valence-electron chi connectivity index (χ4n) is 2.23. The Bertz CT molecular complexity index is 271. The van der Waals surface area contributed by atoms with Crippen LogP contribution in [0.15, 0.2) is 0 Å². The molecular formula is C10H16N2O2. The highest BCUT2D eigenvalue weighted by Crippen LogP contribution is 2.37. The first-order chi connectivity index (χ1) is 6.62. The lowest BCUT2D eigenvalue weighted by Gasteiger charge is -2.47. The van der Waals surface area contributed by atoms with Gasteiger partial charge in [0.15, 0.2) is 0 Å². The summed E-state index contributed by atoms with van der Waals surface area (Å²) < 4.78 is 0. The molecule has 0 unspecified atom stereocenters. The van der Waals surface area contributed by atoms with E-state index in [1.807, 2.05) is 4.90 Å². The Labute approximate surface area is 83.6 Å². The molecule has 0 radical (unpaired) electrons. The smallest absolute Gasteiger partial charge is 0.242 e. The first kappa shape index (κ1) is 9.49. The molecule has 1 saturated heterocycles. The number of rotatable bonds is 1. The molecule has 0 aromatic carbocycles. The highest BCUT2D eigenvalue weighted by molar-refractivity contribution is 5.87. The quantitative estimate of drug-likeness (QED) is 0.654. The molecule has 0 aromatic heterocycles. The van der Waals surface area contributed by atoms with E-state index in [9.17, 15) is 9.59 Å². The summed E-state index contributed by atoms with van der Waals surface area (Å²) in [5.41, 5.74) is 0.0311. The van der Waals surface area contributed by atoms with Crippen LogP contribution < -0.4 is 5.32 Å². The normalized spacial score (nSPS) is 26.5. The van der Waals surface area contributed by atoms with Gasteiger partial charge in [0, 0.05) is 18.5 Å². The highest BCUT2D eigenvalue weighted by atomic mass is 16.2. The number of amides is 2. The predicted molar refractivity (Wildman–Crippen MR) is 51.6 cm³/mol. The van der Waals surface area contributed by atoms with Crippen molar-refractivity contribution in [2.24, 2.45) is 0 Å². The van der Waals surface area contributed by atoms with Gasteiger partial charge >= 0.3 is 0 Å². The maximum atomic E-state index is 11.7. The molecule has 2 amide bonds. The molecule has 2 aliphatic rings. The van der Waals surface area contributed by atoms with Gasteiger partial charge in [-0.05, 0) is 26.2 Å². The summed E-state index contributed by atoms with van der Waals surface area (Å²) >= 11 is 0. The SMILES string of the molecule is CC1(N2CCC(=O)NCC2=O)CCC1. The molecule has 14 heavy (non-hydrogen) atoms. The third kappa shape index (κ3) is 1.49. The lowest BCUT2D eigenvalue weighted by Crippen LogP contribution is -2.55. The van der Waals surface area contributed by atoms with Crippen LogP contribution in [0.2, 0.25) is 0 Å². The van der Waals surface area contributed by atoms with Crippen molar-refractivity contribution in [2.45, 2.75) is 38.1 Å². The van der Waals surface area contributed by atoms with E-state index in [0.717, 1.165) is 12.8 Å². The Morgan fingerprint density at radius 2 is 2.07 bits per heavy atom. The van der Waals surface area contributed by atoms with E-state index in [-0.39, 0.29) is 23.9 Å². The van der Waals surface area contributed by atoms with Crippen LogP contribution in [0.5, 0.6) is 0 Å². The van der Waals surface area contributed by atoms with Crippen LogP contribution in [-0.2, 0) is 9.59 Å². The average Bonchev–Trinajstić information content (AvgIpc) is 2.26. The number of nitrogens with one attached hydrogen (secondary N) is 1. The van der Waals surface area contributed by atoms with Crippen LogP contribution in [0, 0.1) is 0 Å². The van der Waals surface area contributed by atoms with Crippen molar-refractivity contribution < 1.29 is 9.59 Å². The molecule has 4 heteroatoms. The van der Waals surface area contributed by atoms with E-state index in [2.05, 4.69) is 12.2 Å². The first-order valence-electron chi connectivity index (χ1n) is 5.19. The third-order valence-corrected chi connectivity index (χ3v) is 3.38. The van der Waals surface area contributed by atoms with E-state index in [0.29, 0.717) is 13.0 Å². The van der Waals surface area contributed by atoms with Crippen LogP contribution >= 0.6 is 0 Å². The third-order valence-electron chi connectivity index (χ3n) is 3.38. The summed E-state index contributed by atoms with van der Waals surface area (Å²) in [5.74, 6) is 0.0572. The van der Waals surface area contributed by atoms with Crippen LogP contribution in [0.3, 0.4) is 0 Å². The molecule has 1 heterocycles. The van der Waals surface area contributed by atoms with Gasteiger partial charge in [-0.3, -0.25) is 9.59 Å². The van der Waals surface area contributed by atoms with Crippen molar-refractivity contribution in [1.29, 1.82) is 0 Å². The molecule has 1 aliphatic heterocycles. The summed E-state index contributed by atoms with van der Waals surface area (Å²) in [6.07, 6.45) is 3.79. The monoisotopic (exact) mass is 196 g/mol. The minimum atomic E-state index is -0.0104. The molecule has 4 nitrogen and oxygen atoms in total. The molecule has 0 bridgehead atoms. The van der Waals surface area contributed by atoms with Gasteiger partial charge in [-0.25, -0.2) is 0 Å². The Morgan fingerprint density at radius 3 is 2.64 bits per heavy atom. The van der Waals surface area contributed by atoms with Crippen LogP contribution in [0.25, 0.3) is 0 Å². The lowest BCUT2D eigenvalue weighted by atomic mass is 9.77. The summed E-state index contributed by atoms with van der Waals surface area (Å²) in [6, 6.07) is 0. The van der Waals surface area contributed by atoms with Gasteiger partial charge in [-0.2, -0.15) is 0 Å². The molecule has 0 aromatic rings. The highest BCUT2D eigenvalue weighted by Gasteiger charge is 2.41. The zero-order chi connectivity index (χ0) is 10.2. The van der Waals surface area contributed by atoms with Crippen LogP contribution in [0.4, 0.5) is 0 Å². The Kier molecular flexibility index (Phi) is 2.21. The van der Waals surface area contributed by atoms with E-state index in [1.54, 1.807) is 0 Å². The second-order valence-electron chi connectivity index (χ2n) is 4.42. The standard InChI is InChI=1S/C10H16N2O2/c1-10(4-2-5-10)12-6-3-8(13)11-7-9(12)14/h2-7H2,1H3,(H,11,13). The molecule has 0 spiro atoms. The largest absolute Gasteiger partial charge is 0.347 e. The Hall–Kier alpha value is -1.06. The van der Waals surface area contributed by atoms with Crippen molar-refractivity contribution in [3.63, 3.8) is 0 Å². The molecule has 2 fully saturated rings. The van der Waals surface area contributed by atoms with Crippen molar-refractivity contribution in [3.05, 3.63) is 0 Å². The second-order valence-corrected chi connectivity index (χ2v) is 4.42. The van der Waals surface area contributed by atoms with Crippen molar-refractivity contribution in [2.75, 3.05) is 13.1 Å². The second kappa shape index (κ2) is 3.26. The predicted octanol–water partition coefficient (Wildman–Crippen LogP) is 0.277. The summed E-state index contributed by atoms with van der Waals surface area (Å²) in [4.78, 5) is 24.7. The van der Waals surface area contributed by atoms with Gasteiger partial charge in [0.2, 0.25) is 11.8 Å². The summed E-state index contributed by atoms with van der Waals surface area (Å²) in [7, 11) is 0. The number of carbonyl (C=O) groups excluding carboxylic acids is 2. The number of nitrogens with zero attached hydrogens (tertiary/aromatic N) is 1. The zero-order valence-electron chi connectivity index (χ0n) is 8.51. The molecule has 1 aliphatic carbocycles. The van der Waals surface area contributed by atoms with Gasteiger partial charge < -0.3 is 10.2 Å². The maximum absolute atomic E-state index is 11.7. The topological polar surface area (TPSA) is 49.4 Å². The molecule has 1 saturated carbocycles. The first-order valence-corrected chi connectivity index (χ1v) is 5.19. The zero-order valence-corrected chi connectivity index (χ0v) is 8.51. The minimum Gasteiger partial charge on any atom is -0.347 e. The van der Waals surface area contributed by atoms with Crippen molar-refractivity contribution in [1.82, 2.24) is 10.2 Å². The summed E-state index contributed by atoms with van der Waals surface area (Å²) in [6.45, 7) is 2.87. The number of hydrogen-bond acceptors (Lipinski definition) is 2. The fraction of sp³-hybridized carbons (Fsp3) is 0.800. The van der Waals surface area contributed by atoms with E-state index in [1.165, 1.54) is 6.42 Å². The van der Waals surface area contributed by atoms with Crippen LogP contribution in [0.1, 0.15) is 32.6 Å². The van der Waals surface area contributed by atoms with Gasteiger partial charge in [0.25, 0.3) is 0 Å². The summed E-state index contributed by atoms with van der Waals surface area (Å²) in [5, 5.41) is 2.61. The molecule has 0 atom stereocenters. The van der Waals surface area contributed by atoms with E-state index >= 15 is 0 Å². The number of carbonyl (C=O) groups is 2. The van der Waals surface area contributed by atoms with Gasteiger partial charge in [0.1, 0.15) is 0 Å². The van der Waals surface area contributed by atoms with Crippen LogP contribution in [-0.4, -0.2) is 35.3 Å². The number of hydrogen-bond donors (Lipinski definition) is 1. The Balaban J connectivity index is 2.09. The maximum Gasteiger partial charge on any atom is 0.242 e. The minimum absolute atomic E-state index is 0.0104. The molecular weight excluding hydrogens is 180 g/mol. The molecule has 78 valence electrons. The van der Waals surface area contributed by atoms with Gasteiger partial charge in [-0.15, -0.1) is 0 Å². The van der Waals surface area contributed by atoms with Gasteiger partial charge in [-0.1, -0.05) is 0 Å². The van der Waals surface area contributed by atoms with Crippen molar-refractivity contribution in [3.8, 4) is 0 Å². The lowest BCUT2D eigenvalue weighted by molar-refractivity contribution is -0.138.